The van der Waals surface area contributed by atoms with Gasteiger partial charge in [0.1, 0.15) is 19.7 Å². The van der Waals surface area contributed by atoms with Crippen LogP contribution in [0.2, 0.25) is 0 Å². The summed E-state index contributed by atoms with van der Waals surface area (Å²) in [6, 6.07) is 11.3. The third-order valence-corrected chi connectivity index (χ3v) is 7.27. The number of carbonyl (C=O) groups is 2. The number of aryl methyl sites for hydroxylation is 1. The fourth-order valence-corrected chi connectivity index (χ4v) is 4.85. The third-order valence-electron chi connectivity index (χ3n) is 7.27. The fraction of sp³-hybridized carbons (Fsp3) is 0.618. The zero-order valence-electron chi connectivity index (χ0n) is 26.0. The van der Waals surface area contributed by atoms with Crippen LogP contribution in [0.1, 0.15) is 115 Å². The van der Waals surface area contributed by atoms with Gasteiger partial charge in [-0.25, -0.2) is 14.3 Å². The van der Waals surface area contributed by atoms with Gasteiger partial charge in [0.25, 0.3) is 0 Å². The lowest BCUT2D eigenvalue weighted by Gasteiger charge is -2.18. The molecule has 0 saturated heterocycles. The van der Waals surface area contributed by atoms with Crippen molar-refractivity contribution < 1.29 is 28.4 Å². The van der Waals surface area contributed by atoms with E-state index in [4.69, 9.17) is 14.2 Å². The minimum atomic E-state index is -0.671. The molecule has 0 radical (unpaired) electrons. The van der Waals surface area contributed by atoms with Gasteiger partial charge in [-0.05, 0) is 24.1 Å². The molecule has 2 amide bonds. The van der Waals surface area contributed by atoms with Crippen molar-refractivity contribution in [3.8, 4) is 11.5 Å². The quantitative estimate of drug-likeness (QED) is 0.112. The van der Waals surface area contributed by atoms with E-state index >= 15 is 0 Å². The predicted molar refractivity (Wildman–Crippen MR) is 163 cm³/mol. The summed E-state index contributed by atoms with van der Waals surface area (Å²) in [5, 5.41) is 0. The number of imide groups is 1. The molecule has 0 aliphatic heterocycles. The molecule has 0 fully saturated rings. The molecular formula is C34H53N2O5+. The van der Waals surface area contributed by atoms with Crippen molar-refractivity contribution in [1.82, 2.24) is 4.90 Å². The number of hydrogen-bond acceptors (Lipinski definition) is 5. The van der Waals surface area contributed by atoms with Crippen LogP contribution < -0.4 is 14.0 Å². The molecule has 2 rings (SSSR count). The molecule has 41 heavy (non-hydrogen) atoms. The van der Waals surface area contributed by atoms with Crippen molar-refractivity contribution in [3.63, 3.8) is 0 Å². The second kappa shape index (κ2) is 20.7. The largest absolute Gasteiger partial charge is 0.493 e. The molecule has 0 N–H and O–H groups in total. The van der Waals surface area contributed by atoms with Gasteiger partial charge in [-0.2, -0.15) is 0 Å². The zero-order valence-corrected chi connectivity index (χ0v) is 26.0. The first-order chi connectivity index (χ1) is 20.0. The molecule has 0 aliphatic rings. The Morgan fingerprint density at radius 2 is 1.46 bits per heavy atom. The number of ether oxygens (including phenoxy) is 3. The molecule has 1 heterocycles. The maximum absolute atomic E-state index is 12.8. The molecular weight excluding hydrogens is 516 g/mol. The van der Waals surface area contributed by atoms with Gasteiger partial charge < -0.3 is 14.2 Å². The van der Waals surface area contributed by atoms with Crippen LogP contribution in [0.25, 0.3) is 0 Å². The smallest absolute Gasteiger partial charge is 0.417 e. The minimum absolute atomic E-state index is 0.0295. The fourth-order valence-electron chi connectivity index (χ4n) is 4.85. The average Bonchev–Trinajstić information content (AvgIpc) is 2.98. The summed E-state index contributed by atoms with van der Waals surface area (Å²) in [6.07, 6.45) is 17.9. The Hall–Kier alpha value is -3.09. The Morgan fingerprint density at radius 1 is 0.805 bits per heavy atom. The number of carbonyl (C=O) groups excluding carboxylic acids is 2. The number of methoxy groups -OCH3 is 1. The number of amides is 2. The van der Waals surface area contributed by atoms with Crippen LogP contribution in [0.3, 0.4) is 0 Å². The highest BCUT2D eigenvalue weighted by Gasteiger charge is 2.24. The summed E-state index contributed by atoms with van der Waals surface area (Å²) in [5.74, 6) is 0.924. The topological polar surface area (TPSA) is 69.0 Å². The molecule has 0 saturated carbocycles. The number of hydrogen-bond donors (Lipinski definition) is 0. The number of unbranched alkanes of at least 4 members (excludes halogenated alkanes) is 11. The highest BCUT2D eigenvalue weighted by molar-refractivity contribution is 5.90. The second-order valence-corrected chi connectivity index (χ2v) is 10.8. The number of pyridine rings is 1. The number of benzene rings is 1. The Balaban J connectivity index is 1.73. The van der Waals surface area contributed by atoms with Crippen LogP contribution in [0, 0.1) is 0 Å². The van der Waals surface area contributed by atoms with Gasteiger partial charge >= 0.3 is 6.09 Å². The van der Waals surface area contributed by atoms with Crippen molar-refractivity contribution in [2.45, 2.75) is 124 Å². The van der Waals surface area contributed by atoms with Crippen LogP contribution in [0.5, 0.6) is 11.5 Å². The SMILES string of the molecule is CCCCCCCCCCCCCCOc1ccc(COC(=O)N(Cc2cccc[n+]2CCC)C(C)=O)cc1OC. The standard InChI is InChI=1S/C34H53N2O5/c1-5-7-8-9-10-11-12-13-14-15-16-19-25-40-32-22-21-30(26-33(32)39-4)28-41-34(38)36(29(3)37)27-31-20-17-18-24-35(31)23-6-2/h17-18,20-22,24,26H,5-16,19,23,25,27-28H2,1-4H3/q+1. The van der Waals surface area contributed by atoms with Crippen LogP contribution in [0.15, 0.2) is 42.6 Å². The second-order valence-electron chi connectivity index (χ2n) is 10.8. The molecule has 0 bridgehead atoms. The Labute approximate surface area is 248 Å². The lowest BCUT2D eigenvalue weighted by Crippen LogP contribution is -2.43. The third kappa shape index (κ3) is 13.4. The molecule has 0 atom stereocenters. The lowest BCUT2D eigenvalue weighted by atomic mass is 10.1. The molecule has 0 aliphatic carbocycles. The molecule has 0 spiro atoms. The van der Waals surface area contributed by atoms with Crippen LogP contribution in [0.4, 0.5) is 4.79 Å². The summed E-state index contributed by atoms with van der Waals surface area (Å²) in [4.78, 5) is 26.2. The van der Waals surface area contributed by atoms with Gasteiger partial charge in [-0.15, -0.1) is 0 Å². The number of aromatic nitrogens is 1. The van der Waals surface area contributed by atoms with Gasteiger partial charge in [0.15, 0.2) is 17.7 Å². The Morgan fingerprint density at radius 3 is 2.07 bits per heavy atom. The van der Waals surface area contributed by atoms with Crippen LogP contribution in [-0.2, 0) is 29.2 Å². The maximum Gasteiger partial charge on any atom is 0.417 e. The van der Waals surface area contributed by atoms with Crippen molar-refractivity contribution in [2.24, 2.45) is 0 Å². The number of rotatable bonds is 21. The Kier molecular flexibility index (Phi) is 17.3. The van der Waals surface area contributed by atoms with Crippen molar-refractivity contribution in [1.29, 1.82) is 0 Å². The lowest BCUT2D eigenvalue weighted by molar-refractivity contribution is -0.704. The first-order valence-corrected chi connectivity index (χ1v) is 15.7. The average molecular weight is 570 g/mol. The first-order valence-electron chi connectivity index (χ1n) is 15.7. The van der Waals surface area contributed by atoms with E-state index in [1.807, 2.05) is 47.2 Å². The van der Waals surface area contributed by atoms with Gasteiger partial charge in [-0.1, -0.05) is 96.6 Å². The van der Waals surface area contributed by atoms with Crippen molar-refractivity contribution in [3.05, 3.63) is 53.9 Å². The molecule has 7 heteroatoms. The van der Waals surface area contributed by atoms with Gasteiger partial charge in [0.2, 0.25) is 11.6 Å². The molecule has 1 aromatic heterocycles. The predicted octanol–water partition coefficient (Wildman–Crippen LogP) is 8.16. The van der Waals surface area contributed by atoms with E-state index in [2.05, 4.69) is 13.8 Å². The summed E-state index contributed by atoms with van der Waals surface area (Å²) in [5.41, 5.74) is 1.63. The molecule has 7 nitrogen and oxygen atoms in total. The zero-order chi connectivity index (χ0) is 29.7. The van der Waals surface area contributed by atoms with Gasteiger partial charge in [-0.3, -0.25) is 4.79 Å². The summed E-state index contributed by atoms with van der Waals surface area (Å²) < 4.78 is 19.1. The normalized spacial score (nSPS) is 10.8. The molecule has 228 valence electrons. The minimum Gasteiger partial charge on any atom is -0.493 e. The van der Waals surface area contributed by atoms with Crippen LogP contribution in [-0.4, -0.2) is 30.6 Å². The van der Waals surface area contributed by atoms with Gasteiger partial charge in [0.05, 0.1) is 13.7 Å². The van der Waals surface area contributed by atoms with Crippen molar-refractivity contribution >= 4 is 12.0 Å². The summed E-state index contributed by atoms with van der Waals surface area (Å²) in [6.45, 7) is 7.37. The molecule has 1 aromatic carbocycles. The monoisotopic (exact) mass is 569 g/mol. The molecule has 2 aromatic rings. The van der Waals surface area contributed by atoms with E-state index in [0.717, 1.165) is 35.5 Å². The van der Waals surface area contributed by atoms with E-state index in [-0.39, 0.29) is 19.1 Å². The highest BCUT2D eigenvalue weighted by atomic mass is 16.6. The number of nitrogens with zero attached hydrogens (tertiary/aromatic N) is 2. The van der Waals surface area contributed by atoms with E-state index in [1.165, 1.54) is 77.6 Å². The Bertz CT molecular complexity index is 1030. The first kappa shape index (κ1) is 34.1. The molecule has 0 unspecified atom stereocenters. The highest BCUT2D eigenvalue weighted by Crippen LogP contribution is 2.29. The van der Waals surface area contributed by atoms with E-state index in [9.17, 15) is 9.59 Å². The van der Waals surface area contributed by atoms with Crippen molar-refractivity contribution in [2.75, 3.05) is 13.7 Å². The van der Waals surface area contributed by atoms with E-state index < -0.39 is 6.09 Å². The summed E-state index contributed by atoms with van der Waals surface area (Å²) in [7, 11) is 1.60. The van der Waals surface area contributed by atoms with Gasteiger partial charge in [0, 0.05) is 25.5 Å². The van der Waals surface area contributed by atoms with E-state index in [0.29, 0.717) is 18.1 Å². The van der Waals surface area contributed by atoms with Crippen LogP contribution >= 0.6 is 0 Å². The summed E-state index contributed by atoms with van der Waals surface area (Å²) >= 11 is 0. The maximum atomic E-state index is 12.8. The van der Waals surface area contributed by atoms with E-state index in [1.54, 1.807) is 7.11 Å².